The van der Waals surface area contributed by atoms with Crippen molar-refractivity contribution in [3.8, 4) is 0 Å². The van der Waals surface area contributed by atoms with Crippen LogP contribution in [-0.4, -0.2) is 44.7 Å². The Hall–Kier alpha value is -0.130. The molecule has 0 aromatic heterocycles. The largest absolute Gasteiger partial charge is 0.378 e. The molecule has 100 valence electrons. The number of hydrogen-bond acceptors (Lipinski definition) is 4. The molecular weight excluding hydrogens is 238 g/mol. The predicted octanol–water partition coefficient (Wildman–Crippen LogP) is 1.11. The minimum absolute atomic E-state index is 0.172. The van der Waals surface area contributed by atoms with Crippen LogP contribution >= 0.6 is 0 Å². The van der Waals surface area contributed by atoms with E-state index < -0.39 is 9.84 Å². The molecule has 0 aliphatic carbocycles. The Labute approximate surface area is 104 Å². The molecule has 0 aromatic carbocycles. The van der Waals surface area contributed by atoms with E-state index in [1.54, 1.807) is 0 Å². The van der Waals surface area contributed by atoms with E-state index in [1.165, 1.54) is 0 Å². The van der Waals surface area contributed by atoms with Crippen LogP contribution in [0.1, 0.15) is 39.0 Å². The van der Waals surface area contributed by atoms with Crippen molar-refractivity contribution in [2.24, 2.45) is 0 Å². The molecule has 17 heavy (non-hydrogen) atoms. The van der Waals surface area contributed by atoms with Crippen LogP contribution in [0.2, 0.25) is 0 Å². The molecule has 0 amide bonds. The Morgan fingerprint density at radius 2 is 2.12 bits per heavy atom. The predicted molar refractivity (Wildman–Crippen MR) is 67.9 cm³/mol. The average Bonchev–Trinajstić information content (AvgIpc) is 2.59. The minimum Gasteiger partial charge on any atom is -0.378 e. The van der Waals surface area contributed by atoms with Gasteiger partial charge in [0.25, 0.3) is 0 Å². The van der Waals surface area contributed by atoms with E-state index in [0.717, 1.165) is 38.7 Å². The SMILES string of the molecule is CCCC1CC(NC2CCS(=O)(=O)C2)CCO1. The van der Waals surface area contributed by atoms with E-state index in [4.69, 9.17) is 4.74 Å². The Morgan fingerprint density at radius 1 is 1.29 bits per heavy atom. The van der Waals surface area contributed by atoms with Crippen molar-refractivity contribution in [3.63, 3.8) is 0 Å². The second kappa shape index (κ2) is 5.67. The number of ether oxygens (including phenoxy) is 1. The van der Waals surface area contributed by atoms with Crippen LogP contribution in [0.4, 0.5) is 0 Å². The summed E-state index contributed by atoms with van der Waals surface area (Å²) < 4.78 is 28.5. The van der Waals surface area contributed by atoms with Gasteiger partial charge < -0.3 is 10.1 Å². The van der Waals surface area contributed by atoms with Crippen molar-refractivity contribution < 1.29 is 13.2 Å². The molecule has 0 saturated carbocycles. The summed E-state index contributed by atoms with van der Waals surface area (Å²) >= 11 is 0. The highest BCUT2D eigenvalue weighted by molar-refractivity contribution is 7.91. The Morgan fingerprint density at radius 3 is 2.76 bits per heavy atom. The lowest BCUT2D eigenvalue weighted by atomic mass is 9.99. The second-order valence-electron chi connectivity index (χ2n) is 5.27. The van der Waals surface area contributed by atoms with E-state index in [9.17, 15) is 8.42 Å². The van der Waals surface area contributed by atoms with Gasteiger partial charge in [-0.2, -0.15) is 0 Å². The second-order valence-corrected chi connectivity index (χ2v) is 7.50. The highest BCUT2D eigenvalue weighted by atomic mass is 32.2. The molecule has 2 saturated heterocycles. The summed E-state index contributed by atoms with van der Waals surface area (Å²) in [6.07, 6.45) is 5.44. The van der Waals surface area contributed by atoms with Gasteiger partial charge in [0.2, 0.25) is 0 Å². The number of nitrogens with one attached hydrogen (secondary N) is 1. The Balaban J connectivity index is 1.79. The first kappa shape index (κ1) is 13.3. The van der Waals surface area contributed by atoms with E-state index >= 15 is 0 Å². The standard InChI is InChI=1S/C12H23NO3S/c1-2-3-12-8-10(4-6-16-12)13-11-5-7-17(14,15)9-11/h10-13H,2-9H2,1H3. The molecule has 4 nitrogen and oxygen atoms in total. The van der Waals surface area contributed by atoms with Gasteiger partial charge in [0.05, 0.1) is 17.6 Å². The molecule has 0 radical (unpaired) electrons. The summed E-state index contributed by atoms with van der Waals surface area (Å²) in [5.74, 6) is 0.676. The zero-order valence-corrected chi connectivity index (χ0v) is 11.3. The van der Waals surface area contributed by atoms with Gasteiger partial charge in [-0.1, -0.05) is 13.3 Å². The fourth-order valence-corrected chi connectivity index (χ4v) is 4.50. The zero-order chi connectivity index (χ0) is 12.3. The zero-order valence-electron chi connectivity index (χ0n) is 10.5. The molecule has 5 heteroatoms. The smallest absolute Gasteiger partial charge is 0.151 e. The fraction of sp³-hybridized carbons (Fsp3) is 1.00. The lowest BCUT2D eigenvalue weighted by Crippen LogP contribution is -2.44. The first-order valence-corrected chi connectivity index (χ1v) is 8.49. The molecule has 1 N–H and O–H groups in total. The molecule has 2 fully saturated rings. The summed E-state index contributed by atoms with van der Waals surface area (Å²) in [6.45, 7) is 2.98. The molecule has 0 aromatic rings. The third-order valence-corrected chi connectivity index (χ3v) is 5.45. The molecule has 0 spiro atoms. The Kier molecular flexibility index (Phi) is 4.44. The third-order valence-electron chi connectivity index (χ3n) is 3.68. The highest BCUT2D eigenvalue weighted by Gasteiger charge is 2.31. The third kappa shape index (κ3) is 3.93. The maximum Gasteiger partial charge on any atom is 0.151 e. The number of hydrogen-bond donors (Lipinski definition) is 1. The van der Waals surface area contributed by atoms with Gasteiger partial charge in [0, 0.05) is 18.7 Å². The molecule has 3 unspecified atom stereocenters. The Bertz CT molecular complexity index is 340. The maximum atomic E-state index is 11.4. The van der Waals surface area contributed by atoms with E-state index in [1.807, 2.05) is 0 Å². The molecule has 2 heterocycles. The van der Waals surface area contributed by atoms with Gasteiger partial charge in [-0.25, -0.2) is 8.42 Å². The van der Waals surface area contributed by atoms with Gasteiger partial charge in [0.15, 0.2) is 9.84 Å². The van der Waals surface area contributed by atoms with Crippen molar-refractivity contribution in [2.45, 2.75) is 57.2 Å². The lowest BCUT2D eigenvalue weighted by molar-refractivity contribution is -0.00453. The van der Waals surface area contributed by atoms with Crippen molar-refractivity contribution in [2.75, 3.05) is 18.1 Å². The first-order chi connectivity index (χ1) is 8.09. The van der Waals surface area contributed by atoms with Crippen molar-refractivity contribution in [1.29, 1.82) is 0 Å². The number of sulfone groups is 1. The maximum absolute atomic E-state index is 11.4. The lowest BCUT2D eigenvalue weighted by Gasteiger charge is -2.31. The van der Waals surface area contributed by atoms with Crippen LogP contribution < -0.4 is 5.32 Å². The molecule has 3 atom stereocenters. The van der Waals surface area contributed by atoms with E-state index in [2.05, 4.69) is 12.2 Å². The highest BCUT2D eigenvalue weighted by Crippen LogP contribution is 2.20. The normalized spacial score (nSPS) is 37.1. The monoisotopic (exact) mass is 261 g/mol. The van der Waals surface area contributed by atoms with Crippen LogP contribution in [-0.2, 0) is 14.6 Å². The molecular formula is C12H23NO3S. The van der Waals surface area contributed by atoms with E-state index in [-0.39, 0.29) is 6.04 Å². The molecule has 2 aliphatic heterocycles. The fourth-order valence-electron chi connectivity index (χ4n) is 2.81. The van der Waals surface area contributed by atoms with Gasteiger partial charge in [-0.05, 0) is 25.7 Å². The minimum atomic E-state index is -2.76. The first-order valence-electron chi connectivity index (χ1n) is 6.67. The van der Waals surface area contributed by atoms with Crippen molar-refractivity contribution >= 4 is 9.84 Å². The molecule has 2 rings (SSSR count). The van der Waals surface area contributed by atoms with Gasteiger partial charge in [-0.15, -0.1) is 0 Å². The number of rotatable bonds is 4. The summed E-state index contributed by atoms with van der Waals surface area (Å²) in [5.41, 5.74) is 0. The van der Waals surface area contributed by atoms with Gasteiger partial charge in [-0.3, -0.25) is 0 Å². The van der Waals surface area contributed by atoms with Crippen LogP contribution in [0.25, 0.3) is 0 Å². The molecule has 0 bridgehead atoms. The quantitative estimate of drug-likeness (QED) is 0.823. The van der Waals surface area contributed by atoms with Crippen LogP contribution in [0.15, 0.2) is 0 Å². The van der Waals surface area contributed by atoms with Gasteiger partial charge in [0.1, 0.15) is 0 Å². The van der Waals surface area contributed by atoms with E-state index in [0.29, 0.717) is 23.7 Å². The van der Waals surface area contributed by atoms with Crippen LogP contribution in [0.5, 0.6) is 0 Å². The summed E-state index contributed by atoms with van der Waals surface area (Å²) in [7, 11) is -2.76. The van der Waals surface area contributed by atoms with Crippen LogP contribution in [0.3, 0.4) is 0 Å². The summed E-state index contributed by atoms with van der Waals surface area (Å²) in [6, 6.07) is 0.615. The average molecular weight is 261 g/mol. The molecule has 2 aliphatic rings. The summed E-state index contributed by atoms with van der Waals surface area (Å²) in [4.78, 5) is 0. The van der Waals surface area contributed by atoms with Crippen LogP contribution in [0, 0.1) is 0 Å². The van der Waals surface area contributed by atoms with Crippen molar-refractivity contribution in [3.05, 3.63) is 0 Å². The summed E-state index contributed by atoms with van der Waals surface area (Å²) in [5, 5.41) is 3.50. The topological polar surface area (TPSA) is 55.4 Å². The van der Waals surface area contributed by atoms with Gasteiger partial charge >= 0.3 is 0 Å². The van der Waals surface area contributed by atoms with Crippen molar-refractivity contribution in [1.82, 2.24) is 5.32 Å².